The van der Waals surface area contributed by atoms with Gasteiger partial charge in [-0.05, 0) is 46.3 Å². The first-order chi connectivity index (χ1) is 7.98. The molecule has 1 aliphatic carbocycles. The molecular weight excluding hydrogens is 214 g/mol. The minimum absolute atomic E-state index is 0.220. The molecule has 0 bridgehead atoms. The van der Waals surface area contributed by atoms with Gasteiger partial charge in [0.05, 0.1) is 0 Å². The van der Waals surface area contributed by atoms with E-state index in [1.807, 2.05) is 14.1 Å². The summed E-state index contributed by atoms with van der Waals surface area (Å²) in [5.41, 5.74) is 0.381. The second-order valence-corrected chi connectivity index (χ2v) is 5.54. The lowest BCUT2D eigenvalue weighted by Crippen LogP contribution is -2.56. The lowest BCUT2D eigenvalue weighted by atomic mass is 9.75. The van der Waals surface area contributed by atoms with Crippen LogP contribution >= 0.6 is 0 Å². The van der Waals surface area contributed by atoms with Crippen LogP contribution in [0.25, 0.3) is 0 Å². The van der Waals surface area contributed by atoms with Gasteiger partial charge in [0, 0.05) is 32.6 Å². The van der Waals surface area contributed by atoms with Gasteiger partial charge in [0.15, 0.2) is 0 Å². The van der Waals surface area contributed by atoms with Gasteiger partial charge in [0.25, 0.3) is 0 Å². The molecular formula is C13H27N3O. The molecule has 0 atom stereocenters. The van der Waals surface area contributed by atoms with Crippen LogP contribution in [0, 0.1) is 0 Å². The van der Waals surface area contributed by atoms with E-state index >= 15 is 0 Å². The van der Waals surface area contributed by atoms with Gasteiger partial charge >= 0.3 is 0 Å². The molecule has 1 fully saturated rings. The third-order valence-corrected chi connectivity index (χ3v) is 3.93. The van der Waals surface area contributed by atoms with Crippen molar-refractivity contribution in [1.82, 2.24) is 15.1 Å². The Balaban J connectivity index is 2.10. The summed E-state index contributed by atoms with van der Waals surface area (Å²) in [6.45, 7) is 1.99. The molecule has 1 aliphatic rings. The highest BCUT2D eigenvalue weighted by molar-refractivity contribution is 5.75. The summed E-state index contributed by atoms with van der Waals surface area (Å²) in [7, 11) is 7.95. The predicted molar refractivity (Wildman–Crippen MR) is 71.1 cm³/mol. The van der Waals surface area contributed by atoms with E-state index in [1.54, 1.807) is 4.90 Å². The van der Waals surface area contributed by atoms with Crippen molar-refractivity contribution in [2.75, 3.05) is 41.3 Å². The Labute approximate surface area is 105 Å². The van der Waals surface area contributed by atoms with Gasteiger partial charge in [-0.25, -0.2) is 0 Å². The van der Waals surface area contributed by atoms with Crippen LogP contribution in [0.2, 0.25) is 0 Å². The van der Waals surface area contributed by atoms with E-state index < -0.39 is 0 Å². The van der Waals surface area contributed by atoms with Crippen LogP contribution in [0.15, 0.2) is 0 Å². The molecule has 4 nitrogen and oxygen atoms in total. The fourth-order valence-electron chi connectivity index (χ4n) is 2.28. The largest absolute Gasteiger partial charge is 0.349 e. The standard InChI is InChI=1S/C13H27N3O/c1-15(2)12(17)7-5-10-14-11-13(16(3)4)8-6-9-13/h14H,5-11H2,1-4H3. The zero-order valence-electron chi connectivity index (χ0n) is 11.8. The lowest BCUT2D eigenvalue weighted by molar-refractivity contribution is -0.128. The van der Waals surface area contributed by atoms with Crippen molar-refractivity contribution in [2.24, 2.45) is 0 Å². The van der Waals surface area contributed by atoms with Crippen molar-refractivity contribution < 1.29 is 4.79 Å². The summed E-state index contributed by atoms with van der Waals surface area (Å²) in [6.07, 6.45) is 5.52. The van der Waals surface area contributed by atoms with Crippen molar-refractivity contribution in [3.8, 4) is 0 Å². The first-order valence-electron chi connectivity index (χ1n) is 6.56. The summed E-state index contributed by atoms with van der Waals surface area (Å²) in [4.78, 5) is 15.4. The zero-order valence-corrected chi connectivity index (χ0v) is 11.8. The number of hydrogen-bond donors (Lipinski definition) is 1. The van der Waals surface area contributed by atoms with Crippen molar-refractivity contribution in [2.45, 2.75) is 37.6 Å². The summed E-state index contributed by atoms with van der Waals surface area (Å²) in [5, 5.41) is 3.49. The second kappa shape index (κ2) is 6.36. The van der Waals surface area contributed by atoms with Crippen molar-refractivity contribution in [3.05, 3.63) is 0 Å². The van der Waals surface area contributed by atoms with Gasteiger partial charge in [0.1, 0.15) is 0 Å². The molecule has 0 radical (unpaired) electrons. The number of likely N-dealkylation sites (N-methyl/N-ethyl adjacent to an activating group) is 1. The fraction of sp³-hybridized carbons (Fsp3) is 0.923. The number of rotatable bonds is 7. The Kier molecular flexibility index (Phi) is 5.40. The molecule has 4 heteroatoms. The van der Waals surface area contributed by atoms with E-state index in [9.17, 15) is 4.79 Å². The van der Waals surface area contributed by atoms with Crippen molar-refractivity contribution in [1.29, 1.82) is 0 Å². The maximum absolute atomic E-state index is 11.4. The van der Waals surface area contributed by atoms with Crippen LogP contribution < -0.4 is 5.32 Å². The Morgan fingerprint density at radius 1 is 1.24 bits per heavy atom. The normalized spacial score (nSPS) is 17.9. The molecule has 0 aromatic carbocycles. The Hall–Kier alpha value is -0.610. The highest BCUT2D eigenvalue weighted by Gasteiger charge is 2.38. The number of amides is 1. The molecule has 1 N–H and O–H groups in total. The smallest absolute Gasteiger partial charge is 0.222 e. The van der Waals surface area contributed by atoms with Crippen LogP contribution in [-0.4, -0.2) is 62.5 Å². The van der Waals surface area contributed by atoms with Crippen LogP contribution in [0.1, 0.15) is 32.1 Å². The molecule has 1 saturated carbocycles. The summed E-state index contributed by atoms with van der Waals surface area (Å²) in [5.74, 6) is 0.220. The summed E-state index contributed by atoms with van der Waals surface area (Å²) >= 11 is 0. The van der Waals surface area contributed by atoms with E-state index in [0.29, 0.717) is 12.0 Å². The fourth-order valence-corrected chi connectivity index (χ4v) is 2.28. The summed E-state index contributed by atoms with van der Waals surface area (Å²) in [6, 6.07) is 0. The molecule has 0 saturated heterocycles. The third kappa shape index (κ3) is 3.96. The average Bonchev–Trinajstić information content (AvgIpc) is 2.19. The maximum atomic E-state index is 11.4. The predicted octanol–water partition coefficient (Wildman–Crippen LogP) is 0.929. The van der Waals surface area contributed by atoms with Crippen LogP contribution in [0.4, 0.5) is 0 Å². The van der Waals surface area contributed by atoms with E-state index in [0.717, 1.165) is 19.5 Å². The molecule has 0 unspecified atom stereocenters. The molecule has 0 aromatic rings. The van der Waals surface area contributed by atoms with E-state index in [4.69, 9.17) is 0 Å². The first kappa shape index (κ1) is 14.5. The van der Waals surface area contributed by atoms with E-state index in [-0.39, 0.29) is 5.91 Å². The van der Waals surface area contributed by atoms with Gasteiger partial charge in [-0.2, -0.15) is 0 Å². The van der Waals surface area contributed by atoms with Crippen molar-refractivity contribution in [3.63, 3.8) is 0 Å². The Bertz CT molecular complexity index is 247. The third-order valence-electron chi connectivity index (χ3n) is 3.93. The summed E-state index contributed by atoms with van der Waals surface area (Å²) < 4.78 is 0. The molecule has 100 valence electrons. The van der Waals surface area contributed by atoms with Gasteiger partial charge in [-0.3, -0.25) is 4.79 Å². The monoisotopic (exact) mass is 241 g/mol. The molecule has 1 rings (SSSR count). The number of hydrogen-bond acceptors (Lipinski definition) is 3. The lowest BCUT2D eigenvalue weighted by Gasteiger charge is -2.47. The van der Waals surface area contributed by atoms with Crippen molar-refractivity contribution >= 4 is 5.91 Å². The average molecular weight is 241 g/mol. The molecule has 17 heavy (non-hydrogen) atoms. The number of nitrogens with one attached hydrogen (secondary N) is 1. The van der Waals surface area contributed by atoms with Gasteiger partial charge in [0.2, 0.25) is 5.91 Å². The van der Waals surface area contributed by atoms with Gasteiger partial charge < -0.3 is 15.1 Å². The number of nitrogens with zero attached hydrogens (tertiary/aromatic N) is 2. The van der Waals surface area contributed by atoms with Crippen LogP contribution in [0.5, 0.6) is 0 Å². The minimum Gasteiger partial charge on any atom is -0.349 e. The Morgan fingerprint density at radius 2 is 1.88 bits per heavy atom. The van der Waals surface area contributed by atoms with Crippen LogP contribution in [-0.2, 0) is 4.79 Å². The van der Waals surface area contributed by atoms with Gasteiger partial charge in [-0.15, -0.1) is 0 Å². The molecule has 0 aliphatic heterocycles. The quantitative estimate of drug-likeness (QED) is 0.674. The number of carbonyl (C=O) groups is 1. The van der Waals surface area contributed by atoms with Crippen LogP contribution in [0.3, 0.4) is 0 Å². The molecule has 0 heterocycles. The van der Waals surface area contributed by atoms with E-state index in [2.05, 4.69) is 24.3 Å². The first-order valence-corrected chi connectivity index (χ1v) is 6.56. The minimum atomic E-state index is 0.220. The Morgan fingerprint density at radius 3 is 2.29 bits per heavy atom. The highest BCUT2D eigenvalue weighted by Crippen LogP contribution is 2.35. The maximum Gasteiger partial charge on any atom is 0.222 e. The molecule has 0 spiro atoms. The van der Waals surface area contributed by atoms with Gasteiger partial charge in [-0.1, -0.05) is 0 Å². The van der Waals surface area contributed by atoms with E-state index in [1.165, 1.54) is 19.3 Å². The zero-order chi connectivity index (χ0) is 12.9. The topological polar surface area (TPSA) is 35.6 Å². The second-order valence-electron chi connectivity index (χ2n) is 5.54. The number of carbonyl (C=O) groups excluding carboxylic acids is 1. The molecule has 1 amide bonds. The molecule has 0 aromatic heterocycles. The highest BCUT2D eigenvalue weighted by atomic mass is 16.2. The SMILES string of the molecule is CN(C)C(=O)CCCNCC1(N(C)C)CCC1.